The van der Waals surface area contributed by atoms with Gasteiger partial charge in [-0.25, -0.2) is 4.85 Å². The van der Waals surface area contributed by atoms with Crippen molar-refractivity contribution in [3.05, 3.63) is 151 Å². The van der Waals surface area contributed by atoms with Crippen LogP contribution in [0.1, 0.15) is 0 Å². The SMILES string of the molecule is [C-]#[N+]c1ccc(-c2cccc(-n3c4ccccc4c4cccc(-n5c6ccccc6c6ccccc65)c43)c2)cc1. The number of rotatable bonds is 3. The first-order valence-corrected chi connectivity index (χ1v) is 13.4. The van der Waals surface area contributed by atoms with E-state index in [0.29, 0.717) is 5.69 Å². The van der Waals surface area contributed by atoms with E-state index in [1.807, 2.05) is 24.3 Å². The van der Waals surface area contributed by atoms with E-state index in [0.717, 1.165) is 22.5 Å². The number of benzene rings is 6. The Kier molecular flexibility index (Phi) is 4.89. The van der Waals surface area contributed by atoms with Crippen LogP contribution >= 0.6 is 0 Å². The third-order valence-corrected chi connectivity index (χ3v) is 7.93. The highest BCUT2D eigenvalue weighted by molar-refractivity contribution is 6.15. The molecule has 0 radical (unpaired) electrons. The molecule has 0 saturated heterocycles. The standard InChI is InChI=1S/C37H23N3/c1-38-27-22-20-25(21-23-27)26-10-8-11-28(24-26)39-33-16-5-4-14-31(33)32-15-9-19-36(37(32)39)40-34-17-6-2-12-29(34)30-13-3-7-18-35(30)40/h2-24H. The van der Waals surface area contributed by atoms with E-state index in [-0.39, 0.29) is 0 Å². The van der Waals surface area contributed by atoms with E-state index in [1.165, 1.54) is 43.6 Å². The van der Waals surface area contributed by atoms with Crippen LogP contribution in [0.15, 0.2) is 140 Å². The molecule has 40 heavy (non-hydrogen) atoms. The Morgan fingerprint density at radius 2 is 1.00 bits per heavy atom. The predicted octanol–water partition coefficient (Wildman–Crippen LogP) is 10.1. The smallest absolute Gasteiger partial charge is 0.187 e. The van der Waals surface area contributed by atoms with Crippen molar-refractivity contribution in [3.63, 3.8) is 0 Å². The Morgan fingerprint density at radius 3 is 1.65 bits per heavy atom. The average Bonchev–Trinajstić information content (AvgIpc) is 3.54. The highest BCUT2D eigenvalue weighted by Gasteiger charge is 2.19. The van der Waals surface area contributed by atoms with Gasteiger partial charge in [-0.15, -0.1) is 0 Å². The van der Waals surface area contributed by atoms with Gasteiger partial charge in [0.1, 0.15) is 0 Å². The quantitative estimate of drug-likeness (QED) is 0.210. The Balaban J connectivity index is 1.47. The molecule has 0 bridgehead atoms. The zero-order valence-corrected chi connectivity index (χ0v) is 21.6. The Morgan fingerprint density at radius 1 is 0.450 bits per heavy atom. The maximum atomic E-state index is 7.30. The van der Waals surface area contributed by atoms with Crippen LogP contribution in [0.3, 0.4) is 0 Å². The van der Waals surface area contributed by atoms with Gasteiger partial charge in [-0.2, -0.15) is 0 Å². The largest absolute Gasteiger partial charge is 0.307 e. The summed E-state index contributed by atoms with van der Waals surface area (Å²) in [5.74, 6) is 0. The topological polar surface area (TPSA) is 14.2 Å². The molecule has 0 amide bonds. The molecule has 0 atom stereocenters. The summed E-state index contributed by atoms with van der Waals surface area (Å²) in [7, 11) is 0. The molecule has 0 aliphatic rings. The van der Waals surface area contributed by atoms with Gasteiger partial charge in [-0.1, -0.05) is 103 Å². The van der Waals surface area contributed by atoms with Crippen LogP contribution in [0.2, 0.25) is 0 Å². The Bertz CT molecular complexity index is 2220. The molecule has 0 unspecified atom stereocenters. The third-order valence-electron chi connectivity index (χ3n) is 7.93. The minimum Gasteiger partial charge on any atom is -0.307 e. The fourth-order valence-corrected chi connectivity index (χ4v) is 6.18. The first-order chi connectivity index (χ1) is 19.8. The first kappa shape index (κ1) is 22.4. The van der Waals surface area contributed by atoms with Crippen molar-refractivity contribution in [2.24, 2.45) is 0 Å². The molecule has 186 valence electrons. The Hall–Kier alpha value is -5.59. The normalized spacial score (nSPS) is 11.5. The van der Waals surface area contributed by atoms with Crippen molar-refractivity contribution in [1.82, 2.24) is 9.13 Å². The summed E-state index contributed by atoms with van der Waals surface area (Å²) in [4.78, 5) is 3.55. The highest BCUT2D eigenvalue weighted by Crippen LogP contribution is 2.39. The molecule has 2 aromatic heterocycles. The molecular formula is C37H23N3. The fourth-order valence-electron chi connectivity index (χ4n) is 6.18. The molecule has 0 fully saturated rings. The van der Waals surface area contributed by atoms with Gasteiger partial charge in [-0.05, 0) is 47.5 Å². The number of hydrogen-bond donors (Lipinski definition) is 0. The summed E-state index contributed by atoms with van der Waals surface area (Å²) in [6, 6.07) is 49.2. The van der Waals surface area contributed by atoms with Crippen LogP contribution in [0.5, 0.6) is 0 Å². The van der Waals surface area contributed by atoms with Gasteiger partial charge >= 0.3 is 0 Å². The van der Waals surface area contributed by atoms with Crippen LogP contribution in [0.4, 0.5) is 5.69 Å². The number of para-hydroxylation sites is 4. The monoisotopic (exact) mass is 509 g/mol. The molecule has 0 aliphatic heterocycles. The molecular weight excluding hydrogens is 486 g/mol. The van der Waals surface area contributed by atoms with Crippen molar-refractivity contribution >= 4 is 49.3 Å². The average molecular weight is 510 g/mol. The van der Waals surface area contributed by atoms with E-state index in [4.69, 9.17) is 6.57 Å². The minimum atomic E-state index is 0.651. The molecule has 3 nitrogen and oxygen atoms in total. The lowest BCUT2D eigenvalue weighted by Crippen LogP contribution is -2.00. The zero-order chi connectivity index (χ0) is 26.6. The van der Waals surface area contributed by atoms with Gasteiger partial charge < -0.3 is 9.13 Å². The van der Waals surface area contributed by atoms with E-state index in [1.54, 1.807) is 0 Å². The lowest BCUT2D eigenvalue weighted by molar-refractivity contribution is 1.13. The van der Waals surface area contributed by atoms with Gasteiger partial charge in [0, 0.05) is 27.2 Å². The molecule has 0 aliphatic carbocycles. The lowest BCUT2D eigenvalue weighted by atomic mass is 10.0. The van der Waals surface area contributed by atoms with Gasteiger partial charge in [0.05, 0.1) is 34.3 Å². The minimum absolute atomic E-state index is 0.651. The van der Waals surface area contributed by atoms with Gasteiger partial charge in [-0.3, -0.25) is 0 Å². The predicted molar refractivity (Wildman–Crippen MR) is 167 cm³/mol. The van der Waals surface area contributed by atoms with E-state index in [2.05, 4.69) is 129 Å². The second kappa shape index (κ2) is 8.73. The van der Waals surface area contributed by atoms with Crippen LogP contribution in [-0.2, 0) is 0 Å². The molecule has 8 rings (SSSR count). The van der Waals surface area contributed by atoms with Crippen LogP contribution in [0, 0.1) is 6.57 Å². The van der Waals surface area contributed by atoms with E-state index in [9.17, 15) is 0 Å². The fraction of sp³-hybridized carbons (Fsp3) is 0. The summed E-state index contributed by atoms with van der Waals surface area (Å²) in [6.45, 7) is 7.30. The number of nitrogens with zero attached hydrogens (tertiary/aromatic N) is 3. The van der Waals surface area contributed by atoms with Crippen LogP contribution < -0.4 is 0 Å². The summed E-state index contributed by atoms with van der Waals surface area (Å²) >= 11 is 0. The Labute approximate surface area is 231 Å². The molecule has 3 heteroatoms. The van der Waals surface area contributed by atoms with Gasteiger partial charge in [0.25, 0.3) is 0 Å². The second-order valence-electron chi connectivity index (χ2n) is 10.1. The number of fused-ring (bicyclic) bond motifs is 6. The highest BCUT2D eigenvalue weighted by atomic mass is 15.1. The lowest BCUT2D eigenvalue weighted by Gasteiger charge is -2.15. The van der Waals surface area contributed by atoms with Crippen molar-refractivity contribution < 1.29 is 0 Å². The van der Waals surface area contributed by atoms with Gasteiger partial charge in [0.2, 0.25) is 0 Å². The number of aromatic nitrogens is 2. The maximum Gasteiger partial charge on any atom is 0.187 e. The molecule has 0 N–H and O–H groups in total. The van der Waals surface area contributed by atoms with Crippen molar-refractivity contribution in [2.45, 2.75) is 0 Å². The van der Waals surface area contributed by atoms with Gasteiger partial charge in [0.15, 0.2) is 5.69 Å². The summed E-state index contributed by atoms with van der Waals surface area (Å²) < 4.78 is 4.82. The molecule has 6 aromatic carbocycles. The maximum absolute atomic E-state index is 7.30. The number of hydrogen-bond acceptors (Lipinski definition) is 0. The van der Waals surface area contributed by atoms with Crippen LogP contribution in [-0.4, -0.2) is 9.13 Å². The van der Waals surface area contributed by atoms with Crippen molar-refractivity contribution in [3.8, 4) is 22.5 Å². The summed E-state index contributed by atoms with van der Waals surface area (Å²) in [5, 5.41) is 4.96. The third kappa shape index (κ3) is 3.24. The van der Waals surface area contributed by atoms with Crippen molar-refractivity contribution in [1.29, 1.82) is 0 Å². The van der Waals surface area contributed by atoms with E-state index >= 15 is 0 Å². The van der Waals surface area contributed by atoms with Crippen molar-refractivity contribution in [2.75, 3.05) is 0 Å². The molecule has 2 heterocycles. The zero-order valence-electron chi connectivity index (χ0n) is 21.6. The van der Waals surface area contributed by atoms with Crippen LogP contribution in [0.25, 0.3) is 71.0 Å². The first-order valence-electron chi connectivity index (χ1n) is 13.4. The summed E-state index contributed by atoms with van der Waals surface area (Å²) in [6.07, 6.45) is 0. The second-order valence-corrected chi connectivity index (χ2v) is 10.1. The molecule has 8 aromatic rings. The molecule has 0 spiro atoms. The summed E-state index contributed by atoms with van der Waals surface area (Å²) in [5.41, 5.74) is 9.86. The molecule has 0 saturated carbocycles. The van der Waals surface area contributed by atoms with E-state index < -0.39 is 0 Å².